The van der Waals surface area contributed by atoms with Crippen LogP contribution in [0.1, 0.15) is 12.8 Å². The standard InChI is InChI=1S/C12H16N2O2/c13-10-3-1-2-4-11(10)16-8-12(15)14-7-9-5-6-9/h1-4,9H,5-8,13H2,(H,14,15). The monoisotopic (exact) mass is 220 g/mol. The van der Waals surface area contributed by atoms with Gasteiger partial charge in [0.15, 0.2) is 6.61 Å². The third-order valence-corrected chi connectivity index (χ3v) is 2.56. The van der Waals surface area contributed by atoms with Crippen LogP contribution in [0.3, 0.4) is 0 Å². The fourth-order valence-electron chi connectivity index (χ4n) is 1.39. The molecule has 2 rings (SSSR count). The summed E-state index contributed by atoms with van der Waals surface area (Å²) in [6.45, 7) is 0.799. The van der Waals surface area contributed by atoms with Gasteiger partial charge in [-0.2, -0.15) is 0 Å². The van der Waals surface area contributed by atoms with Crippen molar-refractivity contribution in [3.63, 3.8) is 0 Å². The smallest absolute Gasteiger partial charge is 0.257 e. The zero-order chi connectivity index (χ0) is 11.4. The van der Waals surface area contributed by atoms with E-state index in [0.717, 1.165) is 6.54 Å². The molecule has 0 spiro atoms. The largest absolute Gasteiger partial charge is 0.482 e. The number of carbonyl (C=O) groups excluding carboxylic acids is 1. The Hall–Kier alpha value is -1.71. The summed E-state index contributed by atoms with van der Waals surface area (Å²) in [6.07, 6.45) is 2.46. The lowest BCUT2D eigenvalue weighted by Gasteiger charge is -2.08. The molecular weight excluding hydrogens is 204 g/mol. The molecule has 0 unspecified atom stereocenters. The van der Waals surface area contributed by atoms with E-state index in [0.29, 0.717) is 17.4 Å². The summed E-state index contributed by atoms with van der Waals surface area (Å²) in [5.74, 6) is 1.16. The van der Waals surface area contributed by atoms with Crippen LogP contribution in [0.2, 0.25) is 0 Å². The molecule has 1 aromatic rings. The second-order valence-electron chi connectivity index (χ2n) is 4.07. The zero-order valence-corrected chi connectivity index (χ0v) is 9.11. The normalized spacial score (nSPS) is 14.5. The summed E-state index contributed by atoms with van der Waals surface area (Å²) < 4.78 is 5.31. The van der Waals surface area contributed by atoms with Gasteiger partial charge in [-0.1, -0.05) is 12.1 Å². The van der Waals surface area contributed by atoms with E-state index < -0.39 is 0 Å². The Balaban J connectivity index is 1.73. The van der Waals surface area contributed by atoms with Crippen LogP contribution in [-0.2, 0) is 4.79 Å². The van der Waals surface area contributed by atoms with Crippen molar-refractivity contribution in [3.8, 4) is 5.75 Å². The Labute approximate surface area is 94.8 Å². The molecule has 0 bridgehead atoms. The molecule has 16 heavy (non-hydrogen) atoms. The van der Waals surface area contributed by atoms with E-state index in [1.54, 1.807) is 12.1 Å². The van der Waals surface area contributed by atoms with Crippen molar-refractivity contribution < 1.29 is 9.53 Å². The first-order chi connectivity index (χ1) is 7.75. The molecule has 1 amide bonds. The maximum Gasteiger partial charge on any atom is 0.257 e. The summed E-state index contributed by atoms with van der Waals surface area (Å²) in [4.78, 5) is 11.4. The number of hydrogen-bond donors (Lipinski definition) is 2. The molecule has 0 atom stereocenters. The molecule has 0 aliphatic heterocycles. The van der Waals surface area contributed by atoms with Crippen LogP contribution in [0.4, 0.5) is 5.69 Å². The Morgan fingerprint density at radius 2 is 2.19 bits per heavy atom. The van der Waals surface area contributed by atoms with Crippen molar-refractivity contribution in [2.24, 2.45) is 5.92 Å². The van der Waals surface area contributed by atoms with Crippen molar-refractivity contribution in [1.82, 2.24) is 5.32 Å². The zero-order valence-electron chi connectivity index (χ0n) is 9.11. The van der Waals surface area contributed by atoms with E-state index in [1.807, 2.05) is 12.1 Å². The number of benzene rings is 1. The summed E-state index contributed by atoms with van der Waals surface area (Å²) in [7, 11) is 0. The van der Waals surface area contributed by atoms with Crippen molar-refractivity contribution >= 4 is 11.6 Å². The Morgan fingerprint density at radius 1 is 1.44 bits per heavy atom. The van der Waals surface area contributed by atoms with Crippen molar-refractivity contribution in [2.45, 2.75) is 12.8 Å². The van der Waals surface area contributed by atoms with Gasteiger partial charge >= 0.3 is 0 Å². The van der Waals surface area contributed by atoms with E-state index in [1.165, 1.54) is 12.8 Å². The SMILES string of the molecule is Nc1ccccc1OCC(=O)NCC1CC1. The maximum atomic E-state index is 11.4. The van der Waals surface area contributed by atoms with Crippen LogP contribution in [0.25, 0.3) is 0 Å². The number of carbonyl (C=O) groups is 1. The molecule has 4 nitrogen and oxygen atoms in total. The number of rotatable bonds is 5. The first-order valence-electron chi connectivity index (χ1n) is 5.49. The highest BCUT2D eigenvalue weighted by Gasteiger charge is 2.21. The molecule has 0 saturated heterocycles. The molecule has 4 heteroatoms. The number of anilines is 1. The summed E-state index contributed by atoms with van der Waals surface area (Å²) in [5, 5.41) is 2.83. The lowest BCUT2D eigenvalue weighted by Crippen LogP contribution is -2.30. The van der Waals surface area contributed by atoms with Crippen molar-refractivity contribution in [1.29, 1.82) is 0 Å². The fraction of sp³-hybridized carbons (Fsp3) is 0.417. The number of nitrogens with one attached hydrogen (secondary N) is 1. The fourth-order valence-corrected chi connectivity index (χ4v) is 1.39. The average molecular weight is 220 g/mol. The number of hydrogen-bond acceptors (Lipinski definition) is 3. The van der Waals surface area contributed by atoms with Crippen molar-refractivity contribution in [3.05, 3.63) is 24.3 Å². The average Bonchev–Trinajstić information content (AvgIpc) is 3.09. The van der Waals surface area contributed by atoms with Crippen molar-refractivity contribution in [2.75, 3.05) is 18.9 Å². The number of nitrogens with two attached hydrogens (primary N) is 1. The molecule has 1 aliphatic rings. The van der Waals surface area contributed by atoms with Crippen LogP contribution in [0.15, 0.2) is 24.3 Å². The molecular formula is C12H16N2O2. The molecule has 1 fully saturated rings. The third kappa shape index (κ3) is 3.15. The van der Waals surface area contributed by atoms with Gasteiger partial charge in [0.05, 0.1) is 5.69 Å². The molecule has 1 saturated carbocycles. The van der Waals surface area contributed by atoms with Gasteiger partial charge < -0.3 is 15.8 Å². The second kappa shape index (κ2) is 4.88. The number of amides is 1. The molecule has 0 heterocycles. The highest BCUT2D eigenvalue weighted by atomic mass is 16.5. The first kappa shape index (κ1) is 10.8. The Bertz CT molecular complexity index is 375. The molecule has 1 aromatic carbocycles. The Morgan fingerprint density at radius 3 is 2.88 bits per heavy atom. The summed E-state index contributed by atoms with van der Waals surface area (Å²) in [6, 6.07) is 7.16. The van der Waals surface area contributed by atoms with Gasteiger partial charge in [0.25, 0.3) is 5.91 Å². The van der Waals surface area contributed by atoms with E-state index in [-0.39, 0.29) is 12.5 Å². The van der Waals surface area contributed by atoms with Gasteiger partial charge in [-0.15, -0.1) is 0 Å². The number of ether oxygens (including phenoxy) is 1. The Kier molecular flexibility index (Phi) is 3.29. The molecule has 3 N–H and O–H groups in total. The third-order valence-electron chi connectivity index (χ3n) is 2.56. The summed E-state index contributed by atoms with van der Waals surface area (Å²) >= 11 is 0. The highest BCUT2D eigenvalue weighted by molar-refractivity contribution is 5.77. The van der Waals surface area contributed by atoms with Crippen LogP contribution >= 0.6 is 0 Å². The quantitative estimate of drug-likeness (QED) is 0.732. The minimum atomic E-state index is -0.0878. The van der Waals surface area contributed by atoms with Gasteiger partial charge in [0.2, 0.25) is 0 Å². The minimum Gasteiger partial charge on any atom is -0.482 e. The van der Waals surface area contributed by atoms with E-state index in [9.17, 15) is 4.79 Å². The summed E-state index contributed by atoms with van der Waals surface area (Å²) in [5.41, 5.74) is 6.24. The van der Waals surface area contributed by atoms with Gasteiger partial charge in [-0.3, -0.25) is 4.79 Å². The van der Waals surface area contributed by atoms with Gasteiger partial charge in [-0.25, -0.2) is 0 Å². The lowest BCUT2D eigenvalue weighted by atomic mass is 10.3. The number of nitrogen functional groups attached to an aromatic ring is 1. The van der Waals surface area contributed by atoms with Gasteiger partial charge in [-0.05, 0) is 30.9 Å². The van der Waals surface area contributed by atoms with Crippen LogP contribution in [-0.4, -0.2) is 19.1 Å². The van der Waals surface area contributed by atoms with Gasteiger partial charge in [0.1, 0.15) is 5.75 Å². The predicted molar refractivity (Wildman–Crippen MR) is 62.1 cm³/mol. The van der Waals surface area contributed by atoms with Crippen LogP contribution in [0.5, 0.6) is 5.75 Å². The molecule has 0 radical (unpaired) electrons. The van der Waals surface area contributed by atoms with Gasteiger partial charge in [0, 0.05) is 6.54 Å². The van der Waals surface area contributed by atoms with Crippen LogP contribution in [0, 0.1) is 5.92 Å². The topological polar surface area (TPSA) is 64.3 Å². The molecule has 1 aliphatic carbocycles. The molecule has 0 aromatic heterocycles. The highest BCUT2D eigenvalue weighted by Crippen LogP contribution is 2.27. The minimum absolute atomic E-state index is 0.0287. The first-order valence-corrected chi connectivity index (χ1v) is 5.49. The maximum absolute atomic E-state index is 11.4. The van der Waals surface area contributed by atoms with E-state index in [4.69, 9.17) is 10.5 Å². The predicted octanol–water partition coefficient (Wildman–Crippen LogP) is 1.17. The number of para-hydroxylation sites is 2. The molecule has 86 valence electrons. The van der Waals surface area contributed by atoms with E-state index >= 15 is 0 Å². The second-order valence-corrected chi connectivity index (χ2v) is 4.07. The van der Waals surface area contributed by atoms with Crippen LogP contribution < -0.4 is 15.8 Å². The lowest BCUT2D eigenvalue weighted by molar-refractivity contribution is -0.123. The van der Waals surface area contributed by atoms with E-state index in [2.05, 4.69) is 5.32 Å².